The molecule has 102 valence electrons. The highest BCUT2D eigenvalue weighted by Gasteiger charge is 2.41. The third kappa shape index (κ3) is 2.21. The fraction of sp³-hybridized carbons (Fsp3) is 0.417. The van der Waals surface area contributed by atoms with Crippen molar-refractivity contribution in [2.24, 2.45) is 5.41 Å². The molecule has 0 spiro atoms. The van der Waals surface area contributed by atoms with Gasteiger partial charge in [0.15, 0.2) is 0 Å². The summed E-state index contributed by atoms with van der Waals surface area (Å²) in [5.41, 5.74) is 1.20. The van der Waals surface area contributed by atoms with Crippen LogP contribution >= 0.6 is 19.3 Å². The molecule has 3 rings (SSSR count). The molecule has 0 N–H and O–H groups in total. The molecule has 1 fully saturated rings. The predicted molar refractivity (Wildman–Crippen MR) is 73.5 cm³/mol. The molecule has 1 saturated heterocycles. The maximum atomic E-state index is 12.7. The molecule has 0 aliphatic carbocycles. The highest BCUT2D eigenvalue weighted by Crippen LogP contribution is 2.55. The number of alkyl halides is 1. The van der Waals surface area contributed by atoms with E-state index in [2.05, 4.69) is 4.98 Å². The lowest BCUT2D eigenvalue weighted by Crippen LogP contribution is -2.35. The molecule has 1 aliphatic heterocycles. The Morgan fingerprint density at radius 3 is 2.79 bits per heavy atom. The van der Waals surface area contributed by atoms with Gasteiger partial charge in [-0.3, -0.25) is 9.05 Å². The first-order valence-corrected chi connectivity index (χ1v) is 7.97. The molecule has 2 aromatic rings. The molecule has 5 nitrogen and oxygen atoms in total. The van der Waals surface area contributed by atoms with Crippen LogP contribution in [0.1, 0.15) is 6.92 Å². The van der Waals surface area contributed by atoms with Crippen LogP contribution in [0.25, 0.3) is 11.0 Å². The maximum Gasteiger partial charge on any atom is 0.440 e. The molecule has 0 amide bonds. The van der Waals surface area contributed by atoms with Crippen molar-refractivity contribution in [2.45, 2.75) is 6.92 Å². The van der Waals surface area contributed by atoms with Gasteiger partial charge in [-0.05, 0) is 12.1 Å². The van der Waals surface area contributed by atoms with Crippen molar-refractivity contribution in [2.75, 3.05) is 19.1 Å². The van der Waals surface area contributed by atoms with Crippen molar-refractivity contribution in [1.82, 2.24) is 9.32 Å². The van der Waals surface area contributed by atoms with Crippen molar-refractivity contribution in [3.05, 3.63) is 30.6 Å². The molecule has 1 aromatic heterocycles. The maximum absolute atomic E-state index is 12.7. The van der Waals surface area contributed by atoms with Crippen molar-refractivity contribution >= 4 is 30.4 Å². The van der Waals surface area contributed by atoms with Crippen molar-refractivity contribution < 1.29 is 13.6 Å². The average Bonchev–Trinajstić information content (AvgIpc) is 2.87. The molecule has 19 heavy (non-hydrogen) atoms. The summed E-state index contributed by atoms with van der Waals surface area (Å²) in [6.45, 7) is 2.55. The van der Waals surface area contributed by atoms with Gasteiger partial charge in [-0.25, -0.2) is 13.9 Å². The lowest BCUT2D eigenvalue weighted by Gasteiger charge is -2.35. The zero-order valence-corrected chi connectivity index (χ0v) is 12.1. The molecule has 0 saturated carbocycles. The third-order valence-corrected chi connectivity index (χ3v) is 5.58. The Morgan fingerprint density at radius 1 is 1.42 bits per heavy atom. The highest BCUT2D eigenvalue weighted by molar-refractivity contribution is 7.52. The van der Waals surface area contributed by atoms with Crippen LogP contribution in [0.4, 0.5) is 0 Å². The van der Waals surface area contributed by atoms with Crippen LogP contribution in [-0.2, 0) is 13.6 Å². The Balaban J connectivity index is 1.96. The molecule has 0 radical (unpaired) electrons. The van der Waals surface area contributed by atoms with E-state index in [9.17, 15) is 4.57 Å². The lowest BCUT2D eigenvalue weighted by molar-refractivity contribution is 0.0404. The Labute approximate surface area is 116 Å². The third-order valence-electron chi connectivity index (χ3n) is 3.17. The summed E-state index contributed by atoms with van der Waals surface area (Å²) in [5, 5.41) is 0. The fourth-order valence-electron chi connectivity index (χ4n) is 1.90. The number of aromatic nitrogens is 2. The zero-order chi connectivity index (χ0) is 13.5. The topological polar surface area (TPSA) is 53.4 Å². The Hall–Kier alpha value is -0.870. The van der Waals surface area contributed by atoms with Crippen LogP contribution in [0.5, 0.6) is 0 Å². The molecular weight excluding hydrogens is 287 g/mol. The van der Waals surface area contributed by atoms with E-state index in [1.54, 1.807) is 0 Å². The molecule has 0 unspecified atom stereocenters. The normalized spacial score (nSPS) is 31.7. The van der Waals surface area contributed by atoms with Gasteiger partial charge < -0.3 is 0 Å². The summed E-state index contributed by atoms with van der Waals surface area (Å²) >= 11 is 5.87. The fourth-order valence-corrected chi connectivity index (χ4v) is 3.94. The predicted octanol–water partition coefficient (Wildman–Crippen LogP) is 3.28. The van der Waals surface area contributed by atoms with Gasteiger partial charge in [-0.2, -0.15) is 0 Å². The summed E-state index contributed by atoms with van der Waals surface area (Å²) in [5.74, 6) is 0.400. The molecule has 7 heteroatoms. The summed E-state index contributed by atoms with van der Waals surface area (Å²) in [7, 11) is -3.36. The molecule has 0 atom stereocenters. The van der Waals surface area contributed by atoms with E-state index in [1.165, 1.54) is 10.7 Å². The zero-order valence-electron chi connectivity index (χ0n) is 10.5. The molecule has 1 aliphatic rings. The molecule has 1 aromatic carbocycles. The van der Waals surface area contributed by atoms with Gasteiger partial charge in [0, 0.05) is 11.3 Å². The van der Waals surface area contributed by atoms with Gasteiger partial charge >= 0.3 is 7.75 Å². The van der Waals surface area contributed by atoms with E-state index in [-0.39, 0.29) is 5.41 Å². The average molecular weight is 301 g/mol. The second-order valence-electron chi connectivity index (χ2n) is 5.04. The number of halogens is 1. The van der Waals surface area contributed by atoms with Crippen molar-refractivity contribution in [3.63, 3.8) is 0 Å². The van der Waals surface area contributed by atoms with E-state index in [0.717, 1.165) is 11.0 Å². The van der Waals surface area contributed by atoms with Gasteiger partial charge in [0.05, 0.1) is 24.2 Å². The number of para-hydroxylation sites is 2. The summed E-state index contributed by atoms with van der Waals surface area (Å²) < 4.78 is 25.2. The first-order valence-electron chi connectivity index (χ1n) is 5.94. The number of fused-ring (bicyclic) bond motifs is 1. The van der Waals surface area contributed by atoms with E-state index < -0.39 is 7.75 Å². The van der Waals surface area contributed by atoms with Crippen LogP contribution in [0.2, 0.25) is 0 Å². The quantitative estimate of drug-likeness (QED) is 0.631. The number of benzene rings is 1. The Bertz CT molecular complexity index is 645. The van der Waals surface area contributed by atoms with Gasteiger partial charge in [-0.1, -0.05) is 19.1 Å². The smallest absolute Gasteiger partial charge is 0.291 e. The molecule has 2 heterocycles. The summed E-state index contributed by atoms with van der Waals surface area (Å²) in [6.07, 6.45) is 1.49. The van der Waals surface area contributed by atoms with E-state index >= 15 is 0 Å². The van der Waals surface area contributed by atoms with Crippen LogP contribution in [0, 0.1) is 5.41 Å². The van der Waals surface area contributed by atoms with Gasteiger partial charge in [0.25, 0.3) is 0 Å². The number of hydrogen-bond donors (Lipinski definition) is 0. The summed E-state index contributed by atoms with van der Waals surface area (Å²) in [4.78, 5) is 4.20. The number of rotatable bonds is 2. The SMILES string of the molecule is CC1(CCl)COP(=O)(n2cnc3ccccc32)OC1. The van der Waals surface area contributed by atoms with E-state index in [4.69, 9.17) is 20.6 Å². The Morgan fingerprint density at radius 2 is 2.11 bits per heavy atom. The summed E-state index contributed by atoms with van der Waals surface area (Å²) in [6, 6.07) is 7.43. The van der Waals surface area contributed by atoms with Gasteiger partial charge in [0.2, 0.25) is 0 Å². The first-order chi connectivity index (χ1) is 9.06. The van der Waals surface area contributed by atoms with Crippen molar-refractivity contribution in [1.29, 1.82) is 0 Å². The van der Waals surface area contributed by atoms with Crippen LogP contribution in [0.15, 0.2) is 30.6 Å². The Kier molecular flexibility index (Phi) is 3.18. The standard InChI is InChI=1S/C12H14ClN2O3P/c1-12(6-13)7-17-19(16,18-8-12)15-9-14-10-4-2-3-5-11(10)15/h2-5,9H,6-8H2,1H3. The minimum atomic E-state index is -3.36. The van der Waals surface area contributed by atoms with Gasteiger partial charge in [-0.15, -0.1) is 11.6 Å². The van der Waals surface area contributed by atoms with Crippen molar-refractivity contribution in [3.8, 4) is 0 Å². The first kappa shape index (κ1) is 13.1. The largest absolute Gasteiger partial charge is 0.440 e. The monoisotopic (exact) mass is 300 g/mol. The minimum Gasteiger partial charge on any atom is -0.291 e. The second-order valence-corrected chi connectivity index (χ2v) is 7.19. The number of imidazole rings is 1. The van der Waals surface area contributed by atoms with E-state index in [1.807, 2.05) is 31.2 Å². The molecule has 0 bridgehead atoms. The lowest BCUT2D eigenvalue weighted by atomic mass is 9.96. The highest BCUT2D eigenvalue weighted by atomic mass is 35.5. The minimum absolute atomic E-state index is 0.300. The second kappa shape index (κ2) is 4.60. The van der Waals surface area contributed by atoms with Crippen LogP contribution in [-0.4, -0.2) is 28.4 Å². The molecular formula is C12H14ClN2O3P. The number of nitrogens with zero attached hydrogens (tertiary/aromatic N) is 2. The van der Waals surface area contributed by atoms with Gasteiger partial charge in [0.1, 0.15) is 6.33 Å². The van der Waals surface area contributed by atoms with Crippen LogP contribution in [0.3, 0.4) is 0 Å². The van der Waals surface area contributed by atoms with Crippen LogP contribution < -0.4 is 0 Å². The van der Waals surface area contributed by atoms with E-state index in [0.29, 0.717) is 19.1 Å². The number of hydrogen-bond acceptors (Lipinski definition) is 4.